The van der Waals surface area contributed by atoms with Gasteiger partial charge in [0.25, 0.3) is 0 Å². The van der Waals surface area contributed by atoms with Crippen molar-refractivity contribution in [2.24, 2.45) is 0 Å². The summed E-state index contributed by atoms with van der Waals surface area (Å²) in [6.07, 6.45) is 0.966. The Bertz CT molecular complexity index is 663. The van der Waals surface area contributed by atoms with Crippen LogP contribution in [-0.2, 0) is 16.1 Å². The third kappa shape index (κ3) is 4.90. The molecule has 0 saturated carbocycles. The average Bonchev–Trinajstić information content (AvgIpc) is 2.54. The molecule has 1 N–H and O–H groups in total. The van der Waals surface area contributed by atoms with E-state index < -0.39 is 6.09 Å². The quantitative estimate of drug-likeness (QED) is 0.858. The number of nitrogens with one attached hydrogen (secondary N) is 1. The fourth-order valence-corrected chi connectivity index (χ4v) is 1.81. The van der Waals surface area contributed by atoms with Crippen LogP contribution >= 0.6 is 0 Å². The number of benzene rings is 2. The summed E-state index contributed by atoms with van der Waals surface area (Å²) < 4.78 is 5.10. The van der Waals surface area contributed by atoms with E-state index in [4.69, 9.17) is 4.74 Å². The largest absolute Gasteiger partial charge is 0.444 e. The Labute approximate surface area is 129 Å². The zero-order chi connectivity index (χ0) is 15.8. The van der Waals surface area contributed by atoms with E-state index in [1.54, 1.807) is 6.08 Å². The lowest BCUT2D eigenvalue weighted by Gasteiger charge is -2.08. The highest BCUT2D eigenvalue weighted by Crippen LogP contribution is 2.06. The van der Waals surface area contributed by atoms with Crippen molar-refractivity contribution in [3.8, 4) is 0 Å². The first-order chi connectivity index (χ1) is 10.6. The predicted octanol–water partition coefficient (Wildman–Crippen LogP) is 3.54. The summed E-state index contributed by atoms with van der Waals surface area (Å²) in [6.45, 7) is 1.55. The van der Waals surface area contributed by atoms with Crippen LogP contribution in [0.15, 0.2) is 66.4 Å². The number of hydrogen-bond acceptors (Lipinski definition) is 3. The molecule has 0 aliphatic rings. The van der Waals surface area contributed by atoms with E-state index >= 15 is 0 Å². The first kappa shape index (κ1) is 15.5. The molecule has 2 aromatic rings. The first-order valence-electron chi connectivity index (χ1n) is 6.90. The predicted molar refractivity (Wildman–Crippen MR) is 84.9 cm³/mol. The molecule has 2 aromatic carbocycles. The van der Waals surface area contributed by atoms with Crippen molar-refractivity contribution in [3.05, 3.63) is 77.5 Å². The van der Waals surface area contributed by atoms with Crippen LogP contribution in [0.2, 0.25) is 0 Å². The van der Waals surface area contributed by atoms with Crippen molar-refractivity contribution in [1.82, 2.24) is 5.32 Å². The second-order valence-electron chi connectivity index (χ2n) is 4.71. The van der Waals surface area contributed by atoms with E-state index in [1.807, 2.05) is 60.7 Å². The van der Waals surface area contributed by atoms with Crippen LogP contribution in [0, 0.1) is 0 Å². The zero-order valence-electron chi connectivity index (χ0n) is 12.3. The molecular weight excluding hydrogens is 278 g/mol. The summed E-state index contributed by atoms with van der Waals surface area (Å²) in [5.41, 5.74) is 1.91. The number of ketones is 1. The van der Waals surface area contributed by atoms with Crippen molar-refractivity contribution in [1.29, 1.82) is 0 Å². The van der Waals surface area contributed by atoms with E-state index in [2.05, 4.69) is 5.32 Å². The number of amides is 1. The topological polar surface area (TPSA) is 55.4 Å². The van der Waals surface area contributed by atoms with Gasteiger partial charge >= 0.3 is 6.09 Å². The lowest BCUT2D eigenvalue weighted by atomic mass is 10.1. The maximum absolute atomic E-state index is 11.8. The van der Waals surface area contributed by atoms with Gasteiger partial charge in [0, 0.05) is 6.92 Å². The molecule has 0 unspecified atom stereocenters. The van der Waals surface area contributed by atoms with Crippen molar-refractivity contribution >= 4 is 18.0 Å². The van der Waals surface area contributed by atoms with Crippen molar-refractivity contribution in [3.63, 3.8) is 0 Å². The number of ether oxygens (including phenoxy) is 1. The number of allylic oxidation sites excluding steroid dienone is 1. The Hall–Kier alpha value is -2.88. The summed E-state index contributed by atoms with van der Waals surface area (Å²) in [5.74, 6) is -0.236. The number of carbonyl (C=O) groups excluding carboxylic acids is 2. The monoisotopic (exact) mass is 295 g/mol. The second-order valence-corrected chi connectivity index (χ2v) is 4.71. The van der Waals surface area contributed by atoms with Gasteiger partial charge in [0.1, 0.15) is 6.61 Å². The molecular formula is C18H17NO3. The van der Waals surface area contributed by atoms with E-state index in [0.29, 0.717) is 0 Å². The van der Waals surface area contributed by atoms with Gasteiger partial charge < -0.3 is 4.74 Å². The van der Waals surface area contributed by atoms with Gasteiger partial charge in [0.2, 0.25) is 0 Å². The summed E-state index contributed by atoms with van der Waals surface area (Å²) in [5, 5.41) is 2.49. The minimum atomic E-state index is -0.652. The third-order valence-electron chi connectivity index (χ3n) is 2.94. The molecule has 4 heteroatoms. The first-order valence-corrected chi connectivity index (χ1v) is 6.90. The molecule has 0 fully saturated rings. The fourth-order valence-electron chi connectivity index (χ4n) is 1.81. The lowest BCUT2D eigenvalue weighted by Crippen LogP contribution is -2.26. The molecule has 22 heavy (non-hydrogen) atoms. The Morgan fingerprint density at radius 1 is 1.00 bits per heavy atom. The lowest BCUT2D eigenvalue weighted by molar-refractivity contribution is -0.113. The Morgan fingerprint density at radius 3 is 2.18 bits per heavy atom. The highest BCUT2D eigenvalue weighted by atomic mass is 16.5. The van der Waals surface area contributed by atoms with Gasteiger partial charge in [-0.25, -0.2) is 4.79 Å². The van der Waals surface area contributed by atoms with Crippen molar-refractivity contribution in [2.45, 2.75) is 13.5 Å². The molecule has 0 saturated heterocycles. The number of rotatable bonds is 5. The molecule has 0 radical (unpaired) electrons. The second kappa shape index (κ2) is 7.78. The van der Waals surface area contributed by atoms with E-state index in [1.165, 1.54) is 6.92 Å². The Kier molecular flexibility index (Phi) is 5.49. The van der Waals surface area contributed by atoms with Gasteiger partial charge in [-0.3, -0.25) is 10.1 Å². The van der Waals surface area contributed by atoms with Gasteiger partial charge in [0.15, 0.2) is 5.78 Å². The summed E-state index contributed by atoms with van der Waals surface area (Å²) in [4.78, 5) is 23.4. The number of alkyl carbamates (subject to hydrolysis) is 1. The fraction of sp³-hybridized carbons (Fsp3) is 0.111. The van der Waals surface area contributed by atoms with Gasteiger partial charge in [-0.05, 0) is 17.2 Å². The Balaban J connectivity index is 1.98. The van der Waals surface area contributed by atoms with Crippen molar-refractivity contribution < 1.29 is 14.3 Å². The molecule has 0 aliphatic carbocycles. The van der Waals surface area contributed by atoms with Crippen LogP contribution < -0.4 is 5.32 Å². The minimum absolute atomic E-state index is 0.156. The van der Waals surface area contributed by atoms with Gasteiger partial charge in [-0.15, -0.1) is 0 Å². The molecule has 0 aliphatic heterocycles. The van der Waals surface area contributed by atoms with E-state index in [-0.39, 0.29) is 18.1 Å². The normalized spacial score (nSPS) is 10.9. The molecule has 112 valence electrons. The minimum Gasteiger partial charge on any atom is -0.444 e. The maximum atomic E-state index is 11.8. The van der Waals surface area contributed by atoms with Crippen molar-refractivity contribution in [2.75, 3.05) is 0 Å². The van der Waals surface area contributed by atoms with Gasteiger partial charge in [-0.2, -0.15) is 0 Å². The number of Topliss-reactive ketones (excluding diaryl/α,β-unsaturated/α-hetero) is 1. The van der Waals surface area contributed by atoms with Gasteiger partial charge in [-0.1, -0.05) is 60.7 Å². The SMILES string of the molecule is CC(=O)/C(=C\c1ccccc1)NC(=O)OCc1ccccc1. The molecule has 4 nitrogen and oxygen atoms in total. The molecule has 0 heterocycles. The van der Waals surface area contributed by atoms with Gasteiger partial charge in [0.05, 0.1) is 5.70 Å². The summed E-state index contributed by atoms with van der Waals surface area (Å²) >= 11 is 0. The number of carbonyl (C=O) groups is 2. The van der Waals surface area contributed by atoms with Crippen LogP contribution in [0.3, 0.4) is 0 Å². The average molecular weight is 295 g/mol. The standard InChI is InChI=1S/C18H17NO3/c1-14(20)17(12-15-8-4-2-5-9-15)19-18(21)22-13-16-10-6-3-7-11-16/h2-12H,13H2,1H3,(H,19,21)/b17-12+. The molecule has 0 bridgehead atoms. The highest BCUT2D eigenvalue weighted by Gasteiger charge is 2.10. The molecule has 0 spiro atoms. The van der Waals surface area contributed by atoms with E-state index in [0.717, 1.165) is 11.1 Å². The molecule has 2 rings (SSSR count). The van der Waals surface area contributed by atoms with Crippen LogP contribution in [0.4, 0.5) is 4.79 Å². The Morgan fingerprint density at radius 2 is 1.59 bits per heavy atom. The molecule has 0 atom stereocenters. The van der Waals surface area contributed by atoms with Crippen LogP contribution in [0.25, 0.3) is 6.08 Å². The smallest absolute Gasteiger partial charge is 0.412 e. The maximum Gasteiger partial charge on any atom is 0.412 e. The van der Waals surface area contributed by atoms with Crippen LogP contribution in [-0.4, -0.2) is 11.9 Å². The zero-order valence-corrected chi connectivity index (χ0v) is 12.3. The van der Waals surface area contributed by atoms with E-state index in [9.17, 15) is 9.59 Å². The summed E-state index contributed by atoms with van der Waals surface area (Å²) in [7, 11) is 0. The van der Waals surface area contributed by atoms with Crippen LogP contribution in [0.1, 0.15) is 18.1 Å². The summed E-state index contributed by atoms with van der Waals surface area (Å²) in [6, 6.07) is 18.6. The number of hydrogen-bond donors (Lipinski definition) is 1. The highest BCUT2D eigenvalue weighted by molar-refractivity contribution is 6.00. The molecule has 0 aromatic heterocycles. The third-order valence-corrected chi connectivity index (χ3v) is 2.94. The van der Waals surface area contributed by atoms with Crippen LogP contribution in [0.5, 0.6) is 0 Å². The molecule has 1 amide bonds.